The maximum Gasteiger partial charge on any atom is 0.408 e. The number of alkyl carbamates (subject to hydrolysis) is 1. The molecule has 1 heterocycles. The number of oxime groups is 1. The van der Waals surface area contributed by atoms with Gasteiger partial charge in [-0.2, -0.15) is 0 Å². The van der Waals surface area contributed by atoms with Gasteiger partial charge in [-0.3, -0.25) is 9.59 Å². The van der Waals surface area contributed by atoms with Gasteiger partial charge in [0.05, 0.1) is 12.5 Å². The van der Waals surface area contributed by atoms with E-state index < -0.39 is 29.9 Å². The van der Waals surface area contributed by atoms with Crippen molar-refractivity contribution in [3.05, 3.63) is 71.8 Å². The van der Waals surface area contributed by atoms with Crippen molar-refractivity contribution in [2.75, 3.05) is 6.54 Å². The van der Waals surface area contributed by atoms with Crippen molar-refractivity contribution in [3.63, 3.8) is 0 Å². The maximum atomic E-state index is 13.0. The number of rotatable bonds is 10. The number of hydrogen-bond acceptors (Lipinski definition) is 6. The molecule has 0 bridgehead atoms. The van der Waals surface area contributed by atoms with Gasteiger partial charge in [0.2, 0.25) is 11.8 Å². The molecular formula is C23H25BrN4O5. The van der Waals surface area contributed by atoms with Gasteiger partial charge in [0.25, 0.3) is 0 Å². The van der Waals surface area contributed by atoms with Crippen LogP contribution in [0.5, 0.6) is 0 Å². The molecule has 3 amide bonds. The average Bonchev–Trinajstić information content (AvgIpc) is 3.24. The molecule has 4 N–H and O–H groups in total. The average molecular weight is 517 g/mol. The second-order valence-corrected chi connectivity index (χ2v) is 8.44. The Labute approximate surface area is 199 Å². The number of halogens is 1. The van der Waals surface area contributed by atoms with Gasteiger partial charge < -0.3 is 25.9 Å². The highest BCUT2D eigenvalue weighted by atomic mass is 79.9. The summed E-state index contributed by atoms with van der Waals surface area (Å²) in [4.78, 5) is 43.0. The summed E-state index contributed by atoms with van der Waals surface area (Å²) < 4.78 is 5.89. The van der Waals surface area contributed by atoms with Crippen LogP contribution < -0.4 is 16.4 Å². The molecule has 2 aromatic rings. The van der Waals surface area contributed by atoms with E-state index in [1.54, 1.807) is 12.1 Å². The minimum absolute atomic E-state index is 0.0161. The summed E-state index contributed by atoms with van der Waals surface area (Å²) in [6.07, 6.45) is -0.514. The second kappa shape index (κ2) is 12.0. The molecule has 0 saturated carbocycles. The molecule has 0 aromatic heterocycles. The largest absolute Gasteiger partial charge is 0.445 e. The Morgan fingerprint density at radius 2 is 1.73 bits per heavy atom. The molecule has 10 heteroatoms. The second-order valence-electron chi connectivity index (χ2n) is 7.53. The third-order valence-electron chi connectivity index (χ3n) is 5.04. The first-order valence-electron chi connectivity index (χ1n) is 10.4. The number of hydrogen-bond donors (Lipinski definition) is 3. The van der Waals surface area contributed by atoms with E-state index in [0.717, 1.165) is 11.1 Å². The summed E-state index contributed by atoms with van der Waals surface area (Å²) in [7, 11) is 0. The van der Waals surface area contributed by atoms with Crippen molar-refractivity contribution in [1.29, 1.82) is 0 Å². The quantitative estimate of drug-likeness (QED) is 0.445. The van der Waals surface area contributed by atoms with Crippen molar-refractivity contribution in [2.24, 2.45) is 16.8 Å². The number of carbonyl (C=O) groups is 3. The number of ether oxygens (including phenoxy) is 1. The number of primary amides is 1. The maximum absolute atomic E-state index is 13.0. The number of nitrogens with two attached hydrogens (primary N) is 1. The fourth-order valence-corrected chi connectivity index (χ4v) is 3.76. The lowest BCUT2D eigenvalue weighted by molar-refractivity contribution is -0.131. The fourth-order valence-electron chi connectivity index (χ4n) is 3.32. The van der Waals surface area contributed by atoms with E-state index in [1.807, 2.05) is 48.5 Å². The van der Waals surface area contributed by atoms with Crippen LogP contribution in [0.2, 0.25) is 0 Å². The lowest BCUT2D eigenvalue weighted by atomic mass is 9.90. The molecule has 0 spiro atoms. The van der Waals surface area contributed by atoms with Gasteiger partial charge in [0.1, 0.15) is 17.3 Å². The van der Waals surface area contributed by atoms with Gasteiger partial charge in [0.15, 0.2) is 6.10 Å². The molecule has 2 unspecified atom stereocenters. The van der Waals surface area contributed by atoms with E-state index in [-0.39, 0.29) is 25.7 Å². The van der Waals surface area contributed by atoms with Crippen LogP contribution in [-0.2, 0) is 32.2 Å². The number of carbonyl (C=O) groups excluding carboxylic acids is 3. The summed E-state index contributed by atoms with van der Waals surface area (Å²) in [5, 5.41) is 9.01. The Kier molecular flexibility index (Phi) is 8.82. The zero-order valence-corrected chi connectivity index (χ0v) is 19.4. The van der Waals surface area contributed by atoms with E-state index >= 15 is 0 Å². The van der Waals surface area contributed by atoms with Gasteiger partial charge in [-0.15, -0.1) is 0 Å². The Morgan fingerprint density at radius 3 is 2.30 bits per heavy atom. The number of amides is 3. The predicted octanol–water partition coefficient (Wildman–Crippen LogP) is 2.24. The third-order valence-corrected chi connectivity index (χ3v) is 5.50. The Morgan fingerprint density at radius 1 is 1.09 bits per heavy atom. The smallest absolute Gasteiger partial charge is 0.408 e. The minimum atomic E-state index is -1.24. The van der Waals surface area contributed by atoms with Crippen LogP contribution in [0.3, 0.4) is 0 Å². The summed E-state index contributed by atoms with van der Waals surface area (Å²) in [5.74, 6) is -2.28. The van der Waals surface area contributed by atoms with Crippen molar-refractivity contribution in [1.82, 2.24) is 10.6 Å². The topological polar surface area (TPSA) is 132 Å². The van der Waals surface area contributed by atoms with Crippen LogP contribution >= 0.6 is 15.9 Å². The lowest BCUT2D eigenvalue weighted by Gasteiger charge is -2.25. The molecule has 9 nitrogen and oxygen atoms in total. The highest BCUT2D eigenvalue weighted by Gasteiger charge is 2.35. The molecule has 174 valence electrons. The first kappa shape index (κ1) is 24.2. The third kappa shape index (κ3) is 7.60. The molecule has 2 aromatic carbocycles. The molecule has 0 saturated heterocycles. The molecule has 0 aliphatic carbocycles. The molecule has 33 heavy (non-hydrogen) atoms. The SMILES string of the molecule is NC(=O)C(Cc1ccccc1)[C@H](NC(=O)OCc1ccccc1)C(=O)NCC1CC(Br)=NO1. The zero-order chi connectivity index (χ0) is 23.6. The van der Waals surface area contributed by atoms with Gasteiger partial charge in [-0.05, 0) is 33.5 Å². The first-order valence-corrected chi connectivity index (χ1v) is 11.2. The van der Waals surface area contributed by atoms with E-state index in [4.69, 9.17) is 15.3 Å². The van der Waals surface area contributed by atoms with Crippen LogP contribution in [0.4, 0.5) is 4.79 Å². The molecule has 1 aliphatic rings. The zero-order valence-electron chi connectivity index (χ0n) is 17.8. The number of benzene rings is 2. The summed E-state index contributed by atoms with van der Waals surface area (Å²) in [6, 6.07) is 17.0. The standard InChI is InChI=1S/C23H25BrN4O5/c24-19-12-17(33-28-19)13-26-22(30)20(18(21(25)29)11-15-7-3-1-4-8-15)27-23(31)32-14-16-9-5-2-6-10-16/h1-10,17-18,20H,11-14H2,(H2,25,29)(H,26,30)(H,27,31)/t17?,18?,20-/m0/s1. The van der Waals surface area contributed by atoms with E-state index in [1.165, 1.54) is 0 Å². The Balaban J connectivity index is 1.69. The van der Waals surface area contributed by atoms with Crippen LogP contribution in [-0.4, -0.2) is 41.2 Å². The van der Waals surface area contributed by atoms with Crippen molar-refractivity contribution < 1.29 is 24.0 Å². The Bertz CT molecular complexity index is 987. The molecular weight excluding hydrogens is 492 g/mol. The normalized spacial score (nSPS) is 16.6. The summed E-state index contributed by atoms with van der Waals surface area (Å²) in [5.41, 5.74) is 7.23. The molecule has 0 radical (unpaired) electrons. The van der Waals surface area contributed by atoms with Gasteiger partial charge in [-0.25, -0.2) is 4.79 Å². The molecule has 1 aliphatic heterocycles. The first-order chi connectivity index (χ1) is 15.9. The summed E-state index contributed by atoms with van der Waals surface area (Å²) >= 11 is 3.24. The van der Waals surface area contributed by atoms with Crippen molar-refractivity contribution in [3.8, 4) is 0 Å². The predicted molar refractivity (Wildman–Crippen MR) is 125 cm³/mol. The van der Waals surface area contributed by atoms with Crippen LogP contribution in [0.25, 0.3) is 0 Å². The molecule has 3 atom stereocenters. The molecule has 0 fully saturated rings. The van der Waals surface area contributed by atoms with E-state index in [0.29, 0.717) is 11.0 Å². The summed E-state index contributed by atoms with van der Waals surface area (Å²) in [6.45, 7) is 0.160. The number of nitrogens with one attached hydrogen (secondary N) is 2. The minimum Gasteiger partial charge on any atom is -0.445 e. The monoisotopic (exact) mass is 516 g/mol. The van der Waals surface area contributed by atoms with Crippen LogP contribution in [0.1, 0.15) is 17.5 Å². The van der Waals surface area contributed by atoms with Crippen molar-refractivity contribution >= 4 is 38.5 Å². The van der Waals surface area contributed by atoms with E-state index in [9.17, 15) is 14.4 Å². The fraction of sp³-hybridized carbons (Fsp3) is 0.304. The Hall–Kier alpha value is -3.40. The van der Waals surface area contributed by atoms with Crippen LogP contribution in [0.15, 0.2) is 65.8 Å². The lowest BCUT2D eigenvalue weighted by Crippen LogP contribution is -2.55. The van der Waals surface area contributed by atoms with Gasteiger partial charge in [-0.1, -0.05) is 65.8 Å². The van der Waals surface area contributed by atoms with Gasteiger partial charge in [0, 0.05) is 6.42 Å². The molecule has 3 rings (SSSR count). The van der Waals surface area contributed by atoms with Gasteiger partial charge >= 0.3 is 6.09 Å². The van der Waals surface area contributed by atoms with Crippen LogP contribution in [0, 0.1) is 5.92 Å². The highest BCUT2D eigenvalue weighted by molar-refractivity contribution is 9.18. The number of nitrogens with zero attached hydrogens (tertiary/aromatic N) is 1. The van der Waals surface area contributed by atoms with Crippen molar-refractivity contribution in [2.45, 2.75) is 31.6 Å². The highest BCUT2D eigenvalue weighted by Crippen LogP contribution is 2.16. The van der Waals surface area contributed by atoms with E-state index in [2.05, 4.69) is 31.7 Å².